The Labute approximate surface area is 142 Å². The smallest absolute Gasteiger partial charge is 0.329 e. The van der Waals surface area contributed by atoms with Crippen LogP contribution in [0, 0.1) is 11.3 Å². The van der Waals surface area contributed by atoms with Crippen LogP contribution < -0.4 is 5.32 Å². The number of nitrogens with one attached hydrogen (secondary N) is 1. The molecule has 0 bridgehead atoms. The van der Waals surface area contributed by atoms with E-state index in [0.717, 1.165) is 0 Å². The lowest BCUT2D eigenvalue weighted by atomic mass is 10.1. The number of ether oxygens (including phenoxy) is 1. The van der Waals surface area contributed by atoms with Crippen molar-refractivity contribution in [2.24, 2.45) is 0 Å². The third kappa shape index (κ3) is 5.70. The molecule has 1 aromatic carbocycles. The number of hydrogen-bond acceptors (Lipinski definition) is 5. The monoisotopic (exact) mass is 384 g/mol. The number of halogens is 1. The molecule has 1 amide bonds. The minimum Gasteiger partial charge on any atom is -0.446 e. The van der Waals surface area contributed by atoms with Crippen LogP contribution in [-0.4, -0.2) is 36.0 Å². The molecule has 7 heteroatoms. The summed E-state index contributed by atoms with van der Waals surface area (Å²) in [4.78, 5) is 24.3. The molecule has 5 nitrogen and oxygen atoms in total. The first-order valence-corrected chi connectivity index (χ1v) is 8.82. The van der Waals surface area contributed by atoms with Crippen molar-refractivity contribution < 1.29 is 14.3 Å². The Kier molecular flexibility index (Phi) is 7.99. The molecule has 2 atom stereocenters. The van der Waals surface area contributed by atoms with E-state index in [1.165, 1.54) is 6.92 Å². The van der Waals surface area contributed by atoms with E-state index in [4.69, 9.17) is 10.00 Å². The highest BCUT2D eigenvalue weighted by atomic mass is 79.9. The number of rotatable bonds is 7. The van der Waals surface area contributed by atoms with Crippen LogP contribution >= 0.6 is 27.7 Å². The van der Waals surface area contributed by atoms with E-state index in [1.54, 1.807) is 36.0 Å². The Bertz CT molecular complexity index is 574. The lowest BCUT2D eigenvalue weighted by Crippen LogP contribution is -2.43. The van der Waals surface area contributed by atoms with Gasteiger partial charge in [-0.25, -0.2) is 4.79 Å². The Morgan fingerprint density at radius 1 is 1.45 bits per heavy atom. The average molecular weight is 385 g/mol. The molecule has 0 unspecified atom stereocenters. The minimum absolute atomic E-state index is 0.361. The summed E-state index contributed by atoms with van der Waals surface area (Å²) in [7, 11) is 0. The first-order chi connectivity index (χ1) is 10.5. The summed E-state index contributed by atoms with van der Waals surface area (Å²) in [5.41, 5.74) is 0.442. The van der Waals surface area contributed by atoms with Gasteiger partial charge in [-0.3, -0.25) is 4.79 Å². The second-order valence-electron chi connectivity index (χ2n) is 4.50. The second kappa shape index (κ2) is 9.49. The van der Waals surface area contributed by atoms with Crippen molar-refractivity contribution in [3.63, 3.8) is 0 Å². The van der Waals surface area contributed by atoms with Gasteiger partial charge in [-0.05, 0) is 53.4 Å². The average Bonchev–Trinajstić information content (AvgIpc) is 2.51. The van der Waals surface area contributed by atoms with Crippen LogP contribution in [0.2, 0.25) is 0 Å². The standard InChI is InChI=1S/C15H17BrN2O3S/c1-10(9-17)21-15(20)13(7-8-22-2)18-14(19)11-5-3-4-6-12(11)16/h3-6,10,13H,7-8H2,1-2H3,(H,18,19)/t10-,13-/m0/s1. The first kappa shape index (κ1) is 18.5. The van der Waals surface area contributed by atoms with Crippen LogP contribution in [0.4, 0.5) is 0 Å². The molecular formula is C15H17BrN2O3S. The van der Waals surface area contributed by atoms with Crippen LogP contribution in [0.3, 0.4) is 0 Å². The van der Waals surface area contributed by atoms with Crippen molar-refractivity contribution in [2.45, 2.75) is 25.5 Å². The highest BCUT2D eigenvalue weighted by molar-refractivity contribution is 9.10. The summed E-state index contributed by atoms with van der Waals surface area (Å²) < 4.78 is 5.64. The Morgan fingerprint density at radius 3 is 2.73 bits per heavy atom. The number of hydrogen-bond donors (Lipinski definition) is 1. The van der Waals surface area contributed by atoms with Crippen molar-refractivity contribution in [2.75, 3.05) is 12.0 Å². The SMILES string of the molecule is CSCC[C@H](NC(=O)c1ccccc1Br)C(=O)O[C@@H](C)C#N. The second-order valence-corrected chi connectivity index (χ2v) is 6.34. The molecular weight excluding hydrogens is 368 g/mol. The highest BCUT2D eigenvalue weighted by Crippen LogP contribution is 2.16. The molecule has 0 aliphatic heterocycles. The van der Waals surface area contributed by atoms with E-state index >= 15 is 0 Å². The Hall–Kier alpha value is -1.52. The van der Waals surface area contributed by atoms with Crippen LogP contribution in [0.25, 0.3) is 0 Å². The van der Waals surface area contributed by atoms with Gasteiger partial charge in [-0.2, -0.15) is 17.0 Å². The van der Waals surface area contributed by atoms with Gasteiger partial charge in [-0.15, -0.1) is 0 Å². The number of thioether (sulfide) groups is 1. The van der Waals surface area contributed by atoms with Gasteiger partial charge >= 0.3 is 5.97 Å². The number of carbonyl (C=O) groups is 2. The fraction of sp³-hybridized carbons (Fsp3) is 0.400. The maximum absolute atomic E-state index is 12.3. The van der Waals surface area contributed by atoms with Crippen molar-refractivity contribution in [1.82, 2.24) is 5.32 Å². The molecule has 1 rings (SSSR count). The zero-order valence-electron chi connectivity index (χ0n) is 12.3. The topological polar surface area (TPSA) is 79.2 Å². The molecule has 0 saturated heterocycles. The van der Waals surface area contributed by atoms with Gasteiger partial charge < -0.3 is 10.1 Å². The predicted octanol–water partition coefficient (Wildman–Crippen LogP) is 2.76. The zero-order valence-corrected chi connectivity index (χ0v) is 14.7. The quantitative estimate of drug-likeness (QED) is 0.731. The van der Waals surface area contributed by atoms with E-state index in [-0.39, 0.29) is 5.91 Å². The number of carbonyl (C=O) groups excluding carboxylic acids is 2. The molecule has 0 aromatic heterocycles. The van der Waals surface area contributed by atoms with Gasteiger partial charge in [-0.1, -0.05) is 12.1 Å². The van der Waals surface area contributed by atoms with Gasteiger partial charge in [0.15, 0.2) is 6.10 Å². The maximum atomic E-state index is 12.3. The normalized spacial score (nSPS) is 12.8. The Balaban J connectivity index is 2.80. The molecule has 0 aliphatic carbocycles. The van der Waals surface area contributed by atoms with Gasteiger partial charge in [0, 0.05) is 4.47 Å². The van der Waals surface area contributed by atoms with Crippen LogP contribution in [-0.2, 0) is 9.53 Å². The number of nitriles is 1. The molecule has 0 saturated carbocycles. The van der Waals surface area contributed by atoms with E-state index in [1.807, 2.05) is 12.3 Å². The molecule has 1 N–H and O–H groups in total. The largest absolute Gasteiger partial charge is 0.446 e. The van der Waals surface area contributed by atoms with Crippen LogP contribution in [0.1, 0.15) is 23.7 Å². The van der Waals surface area contributed by atoms with Gasteiger partial charge in [0.05, 0.1) is 5.56 Å². The molecule has 1 aromatic rings. The van der Waals surface area contributed by atoms with Gasteiger partial charge in [0.1, 0.15) is 12.1 Å². The fourth-order valence-electron chi connectivity index (χ4n) is 1.65. The molecule has 0 radical (unpaired) electrons. The number of benzene rings is 1. The van der Waals surface area contributed by atoms with Crippen molar-refractivity contribution >= 4 is 39.6 Å². The van der Waals surface area contributed by atoms with Crippen molar-refractivity contribution in [3.8, 4) is 6.07 Å². The molecule has 0 spiro atoms. The van der Waals surface area contributed by atoms with Gasteiger partial charge in [0.2, 0.25) is 0 Å². The van der Waals surface area contributed by atoms with Crippen LogP contribution in [0.15, 0.2) is 28.7 Å². The summed E-state index contributed by atoms with van der Waals surface area (Å²) >= 11 is 4.87. The summed E-state index contributed by atoms with van der Waals surface area (Å²) in [6.45, 7) is 1.49. The Morgan fingerprint density at radius 2 is 2.14 bits per heavy atom. The van der Waals surface area contributed by atoms with E-state index in [2.05, 4.69) is 21.2 Å². The fourth-order valence-corrected chi connectivity index (χ4v) is 2.58. The molecule has 22 heavy (non-hydrogen) atoms. The minimum atomic E-state index is -0.843. The molecule has 0 heterocycles. The number of esters is 1. The predicted molar refractivity (Wildman–Crippen MR) is 89.6 cm³/mol. The van der Waals surface area contributed by atoms with Gasteiger partial charge in [0.25, 0.3) is 5.91 Å². The van der Waals surface area contributed by atoms with E-state index in [0.29, 0.717) is 22.2 Å². The van der Waals surface area contributed by atoms with Crippen LogP contribution in [0.5, 0.6) is 0 Å². The summed E-state index contributed by atoms with van der Waals surface area (Å²) in [5, 5.41) is 11.4. The maximum Gasteiger partial charge on any atom is 0.329 e. The molecule has 0 aliphatic rings. The lowest BCUT2D eigenvalue weighted by molar-refractivity contribution is -0.148. The van der Waals surface area contributed by atoms with E-state index in [9.17, 15) is 9.59 Å². The zero-order chi connectivity index (χ0) is 16.5. The highest BCUT2D eigenvalue weighted by Gasteiger charge is 2.24. The first-order valence-electron chi connectivity index (χ1n) is 6.64. The summed E-state index contributed by atoms with van der Waals surface area (Å²) in [5.74, 6) is -0.264. The molecule has 0 fully saturated rings. The summed E-state index contributed by atoms with van der Waals surface area (Å²) in [6.07, 6.45) is 1.51. The summed E-state index contributed by atoms with van der Waals surface area (Å²) in [6, 6.07) is 8.01. The number of nitrogens with zero attached hydrogens (tertiary/aromatic N) is 1. The molecule has 118 valence electrons. The van der Waals surface area contributed by atoms with Crippen molar-refractivity contribution in [3.05, 3.63) is 34.3 Å². The number of amides is 1. The lowest BCUT2D eigenvalue weighted by Gasteiger charge is -2.18. The third-order valence-electron chi connectivity index (χ3n) is 2.79. The van der Waals surface area contributed by atoms with Crippen molar-refractivity contribution in [1.29, 1.82) is 5.26 Å². The third-order valence-corrected chi connectivity index (χ3v) is 4.13. The van der Waals surface area contributed by atoms with E-state index < -0.39 is 18.1 Å².